The molecule has 0 saturated carbocycles. The van der Waals surface area contributed by atoms with Gasteiger partial charge in [-0.25, -0.2) is 0 Å². The van der Waals surface area contributed by atoms with Crippen LogP contribution in [0.15, 0.2) is 23.2 Å². The quantitative estimate of drug-likeness (QED) is 0.852. The molecule has 4 nitrogen and oxygen atoms in total. The number of nitriles is 2. The Morgan fingerprint density at radius 3 is 2.59 bits per heavy atom. The van der Waals surface area contributed by atoms with Crippen molar-refractivity contribution < 1.29 is 0 Å². The summed E-state index contributed by atoms with van der Waals surface area (Å²) >= 11 is 11.5. The van der Waals surface area contributed by atoms with Gasteiger partial charge in [-0.2, -0.15) is 10.5 Å². The Morgan fingerprint density at radius 2 is 2.06 bits per heavy atom. The Hall–Kier alpha value is -1.88. The van der Waals surface area contributed by atoms with Gasteiger partial charge in [0.05, 0.1) is 16.1 Å². The SMILES string of the molecule is N#CC(=N)C(C#N)N=Cc1ccc(Cl)c(Cl)c1. The van der Waals surface area contributed by atoms with Gasteiger partial charge in [0.25, 0.3) is 0 Å². The van der Waals surface area contributed by atoms with E-state index in [4.69, 9.17) is 39.1 Å². The topological polar surface area (TPSA) is 83.8 Å². The molecule has 1 N–H and O–H groups in total. The lowest BCUT2D eigenvalue weighted by Crippen LogP contribution is -2.13. The van der Waals surface area contributed by atoms with Gasteiger partial charge >= 0.3 is 0 Å². The van der Waals surface area contributed by atoms with Gasteiger partial charge in [0.2, 0.25) is 0 Å². The fraction of sp³-hybridized carbons (Fsp3) is 0.0909. The van der Waals surface area contributed by atoms with E-state index in [0.29, 0.717) is 15.6 Å². The third kappa shape index (κ3) is 3.57. The lowest BCUT2D eigenvalue weighted by atomic mass is 10.2. The summed E-state index contributed by atoms with van der Waals surface area (Å²) in [6.07, 6.45) is 1.38. The number of aliphatic imine (C=N–C) groups is 1. The van der Waals surface area contributed by atoms with Crippen molar-refractivity contribution in [1.82, 2.24) is 0 Å². The Morgan fingerprint density at radius 1 is 1.35 bits per heavy atom. The van der Waals surface area contributed by atoms with Crippen LogP contribution < -0.4 is 0 Å². The van der Waals surface area contributed by atoms with Crippen molar-refractivity contribution in [2.75, 3.05) is 0 Å². The molecule has 1 rings (SSSR count). The second-order valence-electron chi connectivity index (χ2n) is 3.01. The molecule has 0 heterocycles. The van der Waals surface area contributed by atoms with E-state index in [1.807, 2.05) is 0 Å². The molecule has 0 saturated heterocycles. The van der Waals surface area contributed by atoms with Crippen LogP contribution in [0.4, 0.5) is 0 Å². The molecule has 0 aliphatic carbocycles. The third-order valence-corrected chi connectivity index (χ3v) is 2.57. The van der Waals surface area contributed by atoms with E-state index in [0.717, 1.165) is 0 Å². The molecule has 0 amide bonds. The molecule has 84 valence electrons. The summed E-state index contributed by atoms with van der Waals surface area (Å²) in [5.41, 5.74) is 0.245. The summed E-state index contributed by atoms with van der Waals surface area (Å²) in [5.74, 6) is 0. The summed E-state index contributed by atoms with van der Waals surface area (Å²) in [7, 11) is 0. The standard InChI is InChI=1S/C11H6Cl2N4/c12-8-2-1-7(3-9(8)13)6-17-11(5-15)10(16)4-14/h1-3,6,11,16H. The first-order valence-electron chi connectivity index (χ1n) is 4.45. The molecular weight excluding hydrogens is 259 g/mol. The zero-order chi connectivity index (χ0) is 12.8. The van der Waals surface area contributed by atoms with Crippen LogP contribution in [0.25, 0.3) is 0 Å². The minimum atomic E-state index is -1.09. The van der Waals surface area contributed by atoms with E-state index in [-0.39, 0.29) is 0 Å². The van der Waals surface area contributed by atoms with Crippen LogP contribution in [-0.2, 0) is 0 Å². The normalized spacial score (nSPS) is 11.8. The number of hydrogen-bond donors (Lipinski definition) is 1. The Kier molecular flexibility index (Phi) is 4.66. The average molecular weight is 265 g/mol. The molecule has 6 heteroatoms. The summed E-state index contributed by atoms with van der Waals surface area (Å²) in [6, 6.07) is 7.08. The molecule has 1 aromatic carbocycles. The first kappa shape index (κ1) is 13.2. The molecule has 1 aromatic rings. The predicted octanol–water partition coefficient (Wildman–Crippen LogP) is 2.85. The van der Waals surface area contributed by atoms with Crippen molar-refractivity contribution >= 4 is 35.1 Å². The number of hydrogen-bond acceptors (Lipinski definition) is 4. The lowest BCUT2D eigenvalue weighted by molar-refractivity contribution is 1.09. The van der Waals surface area contributed by atoms with Crippen LogP contribution >= 0.6 is 23.2 Å². The Balaban J connectivity index is 2.91. The van der Waals surface area contributed by atoms with Gasteiger partial charge in [-0.3, -0.25) is 10.4 Å². The zero-order valence-corrected chi connectivity index (χ0v) is 10.00. The average Bonchev–Trinajstić information content (AvgIpc) is 2.33. The smallest absolute Gasteiger partial charge is 0.187 e. The number of rotatable bonds is 3. The van der Waals surface area contributed by atoms with Crippen molar-refractivity contribution in [3.05, 3.63) is 33.8 Å². The number of nitrogens with one attached hydrogen (secondary N) is 1. The van der Waals surface area contributed by atoms with E-state index in [2.05, 4.69) is 4.99 Å². The highest BCUT2D eigenvalue weighted by molar-refractivity contribution is 6.42. The molecule has 0 spiro atoms. The van der Waals surface area contributed by atoms with E-state index >= 15 is 0 Å². The van der Waals surface area contributed by atoms with Crippen molar-refractivity contribution in [1.29, 1.82) is 15.9 Å². The van der Waals surface area contributed by atoms with E-state index < -0.39 is 11.8 Å². The molecule has 0 fully saturated rings. The van der Waals surface area contributed by atoms with Crippen molar-refractivity contribution in [2.45, 2.75) is 6.04 Å². The summed E-state index contributed by atoms with van der Waals surface area (Å²) < 4.78 is 0. The molecule has 0 radical (unpaired) electrons. The minimum Gasteiger partial charge on any atom is -0.291 e. The molecule has 1 unspecified atom stereocenters. The molecule has 1 atom stereocenters. The predicted molar refractivity (Wildman–Crippen MR) is 66.8 cm³/mol. The van der Waals surface area contributed by atoms with Gasteiger partial charge in [0.1, 0.15) is 11.8 Å². The second-order valence-corrected chi connectivity index (χ2v) is 3.82. The van der Waals surface area contributed by atoms with Crippen LogP contribution in [-0.4, -0.2) is 18.0 Å². The first-order valence-corrected chi connectivity index (χ1v) is 5.20. The van der Waals surface area contributed by atoms with Gasteiger partial charge < -0.3 is 0 Å². The summed E-state index contributed by atoms with van der Waals surface area (Å²) in [6.45, 7) is 0. The maximum absolute atomic E-state index is 8.70. The Labute approximate surface area is 108 Å². The monoisotopic (exact) mass is 264 g/mol. The highest BCUT2D eigenvalue weighted by Gasteiger charge is 2.10. The molecule has 0 aliphatic rings. The molecule has 0 aliphatic heterocycles. The second kappa shape index (κ2) is 6.00. The molecule has 0 aromatic heterocycles. The van der Waals surface area contributed by atoms with Gasteiger partial charge in [0.15, 0.2) is 6.04 Å². The van der Waals surface area contributed by atoms with E-state index in [1.165, 1.54) is 6.21 Å². The van der Waals surface area contributed by atoms with Gasteiger partial charge in [-0.1, -0.05) is 29.3 Å². The van der Waals surface area contributed by atoms with Crippen LogP contribution in [0.1, 0.15) is 5.56 Å². The van der Waals surface area contributed by atoms with Crippen LogP contribution in [0.3, 0.4) is 0 Å². The Bertz CT molecular complexity index is 552. The third-order valence-electron chi connectivity index (χ3n) is 1.83. The van der Waals surface area contributed by atoms with Gasteiger partial charge in [-0.05, 0) is 17.7 Å². The minimum absolute atomic E-state index is 0.375. The largest absolute Gasteiger partial charge is 0.291 e. The van der Waals surface area contributed by atoms with Crippen molar-refractivity contribution in [3.63, 3.8) is 0 Å². The van der Waals surface area contributed by atoms with Crippen LogP contribution in [0.5, 0.6) is 0 Å². The number of benzene rings is 1. The van der Waals surface area contributed by atoms with E-state index in [9.17, 15) is 0 Å². The molecular formula is C11H6Cl2N4. The number of halogens is 2. The first-order chi connectivity index (χ1) is 8.08. The molecule has 0 bridgehead atoms. The van der Waals surface area contributed by atoms with E-state index in [1.54, 1.807) is 30.3 Å². The van der Waals surface area contributed by atoms with Gasteiger partial charge in [0, 0.05) is 6.21 Å². The highest BCUT2D eigenvalue weighted by atomic mass is 35.5. The lowest BCUT2D eigenvalue weighted by Gasteiger charge is -1.99. The molecule has 17 heavy (non-hydrogen) atoms. The maximum Gasteiger partial charge on any atom is 0.187 e. The van der Waals surface area contributed by atoms with Crippen molar-refractivity contribution in [3.8, 4) is 12.1 Å². The number of nitrogens with zero attached hydrogens (tertiary/aromatic N) is 3. The summed E-state index contributed by atoms with van der Waals surface area (Å²) in [4.78, 5) is 3.82. The fourth-order valence-electron chi connectivity index (χ4n) is 0.987. The highest BCUT2D eigenvalue weighted by Crippen LogP contribution is 2.21. The van der Waals surface area contributed by atoms with Crippen molar-refractivity contribution in [2.24, 2.45) is 4.99 Å². The summed E-state index contributed by atoms with van der Waals surface area (Å²) in [5, 5.41) is 25.2. The van der Waals surface area contributed by atoms with Crippen LogP contribution in [0, 0.1) is 28.1 Å². The van der Waals surface area contributed by atoms with Crippen LogP contribution in [0.2, 0.25) is 10.0 Å². The van der Waals surface area contributed by atoms with Gasteiger partial charge in [-0.15, -0.1) is 0 Å². The maximum atomic E-state index is 8.70. The zero-order valence-electron chi connectivity index (χ0n) is 8.48. The fourth-order valence-corrected chi connectivity index (χ4v) is 1.29.